The largest absolute Gasteiger partial charge is 0.477 e. The molecule has 0 aliphatic carbocycles. The quantitative estimate of drug-likeness (QED) is 0.797. The van der Waals surface area contributed by atoms with Crippen molar-refractivity contribution >= 4 is 28.5 Å². The van der Waals surface area contributed by atoms with E-state index in [1.165, 1.54) is 0 Å². The van der Waals surface area contributed by atoms with Crippen molar-refractivity contribution in [3.63, 3.8) is 0 Å². The van der Waals surface area contributed by atoms with Crippen molar-refractivity contribution in [2.24, 2.45) is 0 Å². The Morgan fingerprint density at radius 3 is 2.73 bits per heavy atom. The Morgan fingerprint density at radius 1 is 1.23 bits per heavy atom. The molecule has 1 aromatic heterocycles. The van der Waals surface area contributed by atoms with Gasteiger partial charge in [0.25, 0.3) is 0 Å². The molecule has 5 heteroatoms. The summed E-state index contributed by atoms with van der Waals surface area (Å²) >= 11 is 6.23. The van der Waals surface area contributed by atoms with E-state index in [0.717, 1.165) is 11.1 Å². The maximum atomic E-state index is 11.6. The fraction of sp³-hybridized carbons (Fsp3) is 0.0588. The van der Waals surface area contributed by atoms with Crippen molar-refractivity contribution in [2.75, 3.05) is 0 Å². The number of carbonyl (C=O) groups is 1. The van der Waals surface area contributed by atoms with Crippen molar-refractivity contribution in [1.82, 2.24) is 4.57 Å². The molecule has 0 atom stereocenters. The Balaban J connectivity index is 2.19. The minimum atomic E-state index is -1.07. The minimum absolute atomic E-state index is 0.0604. The molecule has 0 bridgehead atoms. The van der Waals surface area contributed by atoms with Crippen LogP contribution in [-0.4, -0.2) is 15.6 Å². The third-order valence-electron chi connectivity index (χ3n) is 3.51. The fourth-order valence-electron chi connectivity index (χ4n) is 2.56. The average Bonchev–Trinajstić information content (AvgIpc) is 2.81. The summed E-state index contributed by atoms with van der Waals surface area (Å²) in [6, 6.07) is 16.5. The van der Waals surface area contributed by atoms with E-state index >= 15 is 0 Å². The van der Waals surface area contributed by atoms with Gasteiger partial charge in [0.05, 0.1) is 22.2 Å². The predicted molar refractivity (Wildman–Crippen MR) is 84.2 cm³/mol. The summed E-state index contributed by atoms with van der Waals surface area (Å²) in [4.78, 5) is 11.6. The van der Waals surface area contributed by atoms with Gasteiger partial charge in [-0.2, -0.15) is 5.26 Å². The molecule has 0 saturated carbocycles. The molecule has 4 nitrogen and oxygen atoms in total. The molecule has 3 aromatic rings. The van der Waals surface area contributed by atoms with Crippen LogP contribution in [0.5, 0.6) is 0 Å². The Hall–Kier alpha value is -2.77. The number of carboxylic acid groups (broad SMARTS) is 1. The van der Waals surface area contributed by atoms with Crippen molar-refractivity contribution in [2.45, 2.75) is 6.54 Å². The molecule has 0 aliphatic rings. The highest BCUT2D eigenvalue weighted by Crippen LogP contribution is 2.31. The molecule has 3 rings (SSSR count). The average molecular weight is 311 g/mol. The number of nitrogens with zero attached hydrogens (tertiary/aromatic N) is 2. The zero-order valence-corrected chi connectivity index (χ0v) is 12.2. The summed E-state index contributed by atoms with van der Waals surface area (Å²) < 4.78 is 1.66. The van der Waals surface area contributed by atoms with Gasteiger partial charge in [0.15, 0.2) is 0 Å². The van der Waals surface area contributed by atoms with Gasteiger partial charge in [-0.15, -0.1) is 0 Å². The molecule has 22 heavy (non-hydrogen) atoms. The topological polar surface area (TPSA) is 66.0 Å². The van der Waals surface area contributed by atoms with Crippen LogP contribution in [0.4, 0.5) is 0 Å². The number of nitriles is 1. The normalized spacial score (nSPS) is 10.5. The number of fused-ring (bicyclic) bond motifs is 1. The summed E-state index contributed by atoms with van der Waals surface area (Å²) in [6.07, 6.45) is 0. The van der Waals surface area contributed by atoms with Gasteiger partial charge in [0.1, 0.15) is 5.69 Å². The molecule has 0 saturated heterocycles. The first-order valence-electron chi connectivity index (χ1n) is 6.61. The molecule has 0 unspecified atom stereocenters. The molecule has 0 spiro atoms. The lowest BCUT2D eigenvalue weighted by atomic mass is 10.1. The molecule has 0 fully saturated rings. The molecule has 2 aromatic carbocycles. The van der Waals surface area contributed by atoms with E-state index < -0.39 is 5.97 Å². The number of halogens is 1. The SMILES string of the molecule is N#Cc1cccc(Cn2c(C(=O)O)c(Cl)c3ccccc32)c1. The van der Waals surface area contributed by atoms with Crippen LogP contribution in [0, 0.1) is 11.3 Å². The monoisotopic (exact) mass is 310 g/mol. The Morgan fingerprint density at radius 2 is 2.00 bits per heavy atom. The number of hydrogen-bond acceptors (Lipinski definition) is 2. The maximum absolute atomic E-state index is 11.6. The summed E-state index contributed by atoms with van der Waals surface area (Å²) in [7, 11) is 0. The first-order chi connectivity index (χ1) is 10.6. The second-order valence-electron chi connectivity index (χ2n) is 4.88. The van der Waals surface area contributed by atoms with Crippen LogP contribution in [0.15, 0.2) is 48.5 Å². The van der Waals surface area contributed by atoms with Crippen LogP contribution in [0.1, 0.15) is 21.6 Å². The van der Waals surface area contributed by atoms with Crippen LogP contribution in [0.3, 0.4) is 0 Å². The predicted octanol–water partition coefficient (Wildman–Crippen LogP) is 3.91. The minimum Gasteiger partial charge on any atom is -0.477 e. The first-order valence-corrected chi connectivity index (χ1v) is 6.98. The number of benzene rings is 2. The van der Waals surface area contributed by atoms with Crippen molar-refractivity contribution in [1.29, 1.82) is 5.26 Å². The van der Waals surface area contributed by atoms with Gasteiger partial charge in [-0.05, 0) is 23.8 Å². The fourth-order valence-corrected chi connectivity index (χ4v) is 2.90. The number of rotatable bonds is 3. The first kappa shape index (κ1) is 14.2. The lowest BCUT2D eigenvalue weighted by Crippen LogP contribution is -2.10. The highest BCUT2D eigenvalue weighted by molar-refractivity contribution is 6.38. The number of hydrogen-bond donors (Lipinski definition) is 1. The van der Waals surface area contributed by atoms with E-state index in [9.17, 15) is 9.90 Å². The lowest BCUT2D eigenvalue weighted by molar-refractivity contribution is 0.0686. The van der Waals surface area contributed by atoms with Gasteiger partial charge in [-0.3, -0.25) is 0 Å². The molecule has 108 valence electrons. The number of aromatic nitrogens is 1. The third-order valence-corrected chi connectivity index (χ3v) is 3.89. The van der Waals surface area contributed by atoms with E-state index in [4.69, 9.17) is 16.9 Å². The molecular weight excluding hydrogens is 300 g/mol. The van der Waals surface area contributed by atoms with E-state index in [1.54, 1.807) is 28.8 Å². The second-order valence-corrected chi connectivity index (χ2v) is 5.26. The summed E-state index contributed by atoms with van der Waals surface area (Å²) in [5, 5.41) is 19.4. The van der Waals surface area contributed by atoms with Crippen LogP contribution < -0.4 is 0 Å². The summed E-state index contributed by atoms with van der Waals surface area (Å²) in [5.74, 6) is -1.07. The highest BCUT2D eigenvalue weighted by Gasteiger charge is 2.21. The zero-order chi connectivity index (χ0) is 15.7. The lowest BCUT2D eigenvalue weighted by Gasteiger charge is -2.09. The zero-order valence-electron chi connectivity index (χ0n) is 11.5. The Bertz CT molecular complexity index is 922. The van der Waals surface area contributed by atoms with Gasteiger partial charge >= 0.3 is 5.97 Å². The molecule has 0 amide bonds. The van der Waals surface area contributed by atoms with E-state index in [2.05, 4.69) is 6.07 Å². The third kappa shape index (κ3) is 2.32. The molecular formula is C17H11ClN2O2. The van der Waals surface area contributed by atoms with Crippen molar-refractivity contribution in [3.05, 3.63) is 70.4 Å². The number of para-hydroxylation sites is 1. The van der Waals surface area contributed by atoms with Gasteiger partial charge in [0, 0.05) is 11.9 Å². The number of aromatic carboxylic acids is 1. The maximum Gasteiger partial charge on any atom is 0.354 e. The number of carboxylic acids is 1. The van der Waals surface area contributed by atoms with Crippen LogP contribution in [0.25, 0.3) is 10.9 Å². The van der Waals surface area contributed by atoms with Crippen molar-refractivity contribution in [3.8, 4) is 6.07 Å². The van der Waals surface area contributed by atoms with E-state index in [-0.39, 0.29) is 10.7 Å². The van der Waals surface area contributed by atoms with Gasteiger partial charge < -0.3 is 9.67 Å². The van der Waals surface area contributed by atoms with Crippen molar-refractivity contribution < 1.29 is 9.90 Å². The standard InChI is InChI=1S/C17H11ClN2O2/c18-15-13-6-1-2-7-14(13)20(16(15)17(21)22)10-12-5-3-4-11(8-12)9-19/h1-8H,10H2,(H,21,22). The Kier molecular flexibility index (Phi) is 3.58. The molecule has 0 radical (unpaired) electrons. The second kappa shape index (κ2) is 5.55. The van der Waals surface area contributed by atoms with E-state index in [1.807, 2.05) is 24.3 Å². The molecule has 1 N–H and O–H groups in total. The van der Waals surface area contributed by atoms with Crippen LogP contribution in [0.2, 0.25) is 5.02 Å². The summed E-state index contributed by atoms with van der Waals surface area (Å²) in [5.41, 5.74) is 2.20. The van der Waals surface area contributed by atoms with Gasteiger partial charge in [-0.25, -0.2) is 4.79 Å². The summed E-state index contributed by atoms with van der Waals surface area (Å²) in [6.45, 7) is 0.338. The van der Waals surface area contributed by atoms with E-state index in [0.29, 0.717) is 17.5 Å². The Labute approximate surface area is 131 Å². The highest BCUT2D eigenvalue weighted by atomic mass is 35.5. The van der Waals surface area contributed by atoms with Gasteiger partial charge in [-0.1, -0.05) is 41.9 Å². The molecule has 1 heterocycles. The molecule has 0 aliphatic heterocycles. The smallest absolute Gasteiger partial charge is 0.354 e. The van der Waals surface area contributed by atoms with Crippen LogP contribution in [-0.2, 0) is 6.54 Å². The van der Waals surface area contributed by atoms with Crippen LogP contribution >= 0.6 is 11.6 Å². The van der Waals surface area contributed by atoms with Gasteiger partial charge in [0.2, 0.25) is 0 Å².